The summed E-state index contributed by atoms with van der Waals surface area (Å²) in [5, 5.41) is 8.67. The van der Waals surface area contributed by atoms with E-state index in [-0.39, 0.29) is 6.29 Å². The SMILES string of the molecule is O=C(O)C1C=NC2N=CCN21. The molecule has 58 valence electrons. The molecule has 2 atom stereocenters. The van der Waals surface area contributed by atoms with Crippen LogP contribution >= 0.6 is 0 Å². The van der Waals surface area contributed by atoms with Gasteiger partial charge in [-0.3, -0.25) is 14.8 Å². The molecule has 0 aromatic carbocycles. The third-order valence-electron chi connectivity index (χ3n) is 1.80. The van der Waals surface area contributed by atoms with E-state index in [4.69, 9.17) is 5.11 Å². The van der Waals surface area contributed by atoms with Crippen LogP contribution in [0.2, 0.25) is 0 Å². The number of carboxylic acids is 1. The molecule has 0 amide bonds. The molecule has 0 saturated heterocycles. The Morgan fingerprint density at radius 3 is 3.18 bits per heavy atom. The summed E-state index contributed by atoms with van der Waals surface area (Å²) in [5.74, 6) is -0.859. The highest BCUT2D eigenvalue weighted by molar-refractivity contribution is 5.95. The number of nitrogens with zero attached hydrogens (tertiary/aromatic N) is 3. The Bertz CT molecular complexity index is 248. The number of aliphatic imine (C=N–C) groups is 2. The van der Waals surface area contributed by atoms with E-state index in [0.717, 1.165) is 0 Å². The predicted molar refractivity (Wildman–Crippen MR) is 38.9 cm³/mol. The molecule has 1 N–H and O–H groups in total. The average molecular weight is 153 g/mol. The predicted octanol–water partition coefficient (Wildman–Crippen LogP) is -0.806. The van der Waals surface area contributed by atoms with Crippen LogP contribution in [0, 0.1) is 0 Å². The van der Waals surface area contributed by atoms with Gasteiger partial charge in [-0.15, -0.1) is 0 Å². The molecule has 0 saturated carbocycles. The van der Waals surface area contributed by atoms with Crippen molar-refractivity contribution in [3.05, 3.63) is 0 Å². The first-order valence-corrected chi connectivity index (χ1v) is 3.32. The van der Waals surface area contributed by atoms with E-state index < -0.39 is 12.0 Å². The Morgan fingerprint density at radius 2 is 2.45 bits per heavy atom. The zero-order valence-electron chi connectivity index (χ0n) is 5.71. The summed E-state index contributed by atoms with van der Waals surface area (Å²) in [6.45, 7) is 0.585. The van der Waals surface area contributed by atoms with Gasteiger partial charge in [0, 0.05) is 19.0 Å². The summed E-state index contributed by atoms with van der Waals surface area (Å²) in [4.78, 5) is 20.2. The summed E-state index contributed by atoms with van der Waals surface area (Å²) in [7, 11) is 0. The smallest absolute Gasteiger partial charge is 0.326 e. The largest absolute Gasteiger partial charge is 0.480 e. The number of hydrogen-bond acceptors (Lipinski definition) is 4. The Labute approximate surface area is 63.1 Å². The molecule has 2 rings (SSSR count). The second kappa shape index (κ2) is 2.13. The average Bonchev–Trinajstić information content (AvgIpc) is 2.41. The van der Waals surface area contributed by atoms with Crippen molar-refractivity contribution in [2.75, 3.05) is 6.54 Å². The number of hydrogen-bond donors (Lipinski definition) is 1. The maximum Gasteiger partial charge on any atom is 0.326 e. The summed E-state index contributed by atoms with van der Waals surface area (Å²) < 4.78 is 0. The summed E-state index contributed by atoms with van der Waals surface area (Å²) in [5.41, 5.74) is 0. The molecule has 0 aromatic heterocycles. The molecule has 0 spiro atoms. The molecule has 5 nitrogen and oxygen atoms in total. The van der Waals surface area contributed by atoms with Gasteiger partial charge >= 0.3 is 5.97 Å². The van der Waals surface area contributed by atoms with Crippen molar-refractivity contribution >= 4 is 18.4 Å². The lowest BCUT2D eigenvalue weighted by molar-refractivity contribution is -0.140. The lowest BCUT2D eigenvalue weighted by Gasteiger charge is -2.16. The lowest BCUT2D eigenvalue weighted by Crippen LogP contribution is -2.40. The van der Waals surface area contributed by atoms with Crippen molar-refractivity contribution in [1.29, 1.82) is 0 Å². The number of aliphatic carboxylic acids is 1. The van der Waals surface area contributed by atoms with Gasteiger partial charge in [0.2, 0.25) is 0 Å². The third kappa shape index (κ3) is 0.848. The van der Waals surface area contributed by atoms with E-state index in [1.807, 2.05) is 0 Å². The highest BCUT2D eigenvalue weighted by atomic mass is 16.4. The summed E-state index contributed by atoms with van der Waals surface area (Å²) in [6.07, 6.45) is 2.86. The van der Waals surface area contributed by atoms with E-state index in [2.05, 4.69) is 9.98 Å². The third-order valence-corrected chi connectivity index (χ3v) is 1.80. The maximum atomic E-state index is 10.6. The van der Waals surface area contributed by atoms with Crippen molar-refractivity contribution in [1.82, 2.24) is 4.90 Å². The van der Waals surface area contributed by atoms with Crippen molar-refractivity contribution in [2.45, 2.75) is 12.3 Å². The molecule has 11 heavy (non-hydrogen) atoms. The molecule has 0 aromatic rings. The van der Waals surface area contributed by atoms with E-state index >= 15 is 0 Å². The zero-order chi connectivity index (χ0) is 7.84. The molecule has 0 fully saturated rings. The Morgan fingerprint density at radius 1 is 1.64 bits per heavy atom. The van der Waals surface area contributed by atoms with Gasteiger partial charge in [-0.25, -0.2) is 4.90 Å². The Kier molecular flexibility index (Phi) is 1.25. The van der Waals surface area contributed by atoms with E-state index in [9.17, 15) is 4.79 Å². The van der Waals surface area contributed by atoms with Crippen LogP contribution in [-0.2, 0) is 4.79 Å². The Balaban J connectivity index is 2.18. The van der Waals surface area contributed by atoms with Gasteiger partial charge in [-0.2, -0.15) is 0 Å². The van der Waals surface area contributed by atoms with Crippen LogP contribution in [0.15, 0.2) is 9.98 Å². The second-order valence-electron chi connectivity index (χ2n) is 2.46. The summed E-state index contributed by atoms with van der Waals surface area (Å²) in [6, 6.07) is -0.581. The van der Waals surface area contributed by atoms with Crippen LogP contribution in [0.3, 0.4) is 0 Å². The van der Waals surface area contributed by atoms with Gasteiger partial charge in [-0.1, -0.05) is 0 Å². The Hall–Kier alpha value is -1.23. The standard InChI is InChI=1S/C6H7N3O2/c10-5(11)4-3-8-6-7-1-2-9(4)6/h1,3-4,6H,2H2,(H,10,11). The van der Waals surface area contributed by atoms with Crippen LogP contribution in [0.25, 0.3) is 0 Å². The molecule has 5 heteroatoms. The van der Waals surface area contributed by atoms with Crippen LogP contribution in [0.5, 0.6) is 0 Å². The minimum atomic E-state index is -0.859. The molecule has 0 bridgehead atoms. The first kappa shape index (κ1) is 6.48. The van der Waals surface area contributed by atoms with Crippen LogP contribution in [0.1, 0.15) is 0 Å². The fraction of sp³-hybridized carbons (Fsp3) is 0.500. The van der Waals surface area contributed by atoms with Crippen molar-refractivity contribution in [3.8, 4) is 0 Å². The molecule has 2 aliphatic rings. The highest BCUT2D eigenvalue weighted by Crippen LogP contribution is 2.16. The summed E-state index contributed by atoms with van der Waals surface area (Å²) >= 11 is 0. The van der Waals surface area contributed by atoms with Crippen LogP contribution in [-0.4, -0.2) is 47.3 Å². The van der Waals surface area contributed by atoms with Gasteiger partial charge in [0.15, 0.2) is 6.29 Å². The number of rotatable bonds is 1. The maximum absolute atomic E-state index is 10.6. The molecule has 2 unspecified atom stereocenters. The van der Waals surface area contributed by atoms with Gasteiger partial charge in [-0.05, 0) is 0 Å². The first-order chi connectivity index (χ1) is 5.29. The normalized spacial score (nSPS) is 34.5. The number of carbonyl (C=O) groups is 1. The monoisotopic (exact) mass is 153 g/mol. The second-order valence-corrected chi connectivity index (χ2v) is 2.46. The highest BCUT2D eigenvalue weighted by Gasteiger charge is 2.35. The van der Waals surface area contributed by atoms with Crippen LogP contribution < -0.4 is 0 Å². The fourth-order valence-electron chi connectivity index (χ4n) is 1.25. The number of carboxylic acid groups (broad SMARTS) is 1. The molecular formula is C6H7N3O2. The quantitative estimate of drug-likeness (QED) is 0.536. The molecule has 0 aliphatic carbocycles. The van der Waals surface area contributed by atoms with Gasteiger partial charge in [0.25, 0.3) is 0 Å². The molecule has 2 aliphatic heterocycles. The van der Waals surface area contributed by atoms with Crippen molar-refractivity contribution in [3.63, 3.8) is 0 Å². The van der Waals surface area contributed by atoms with Gasteiger partial charge < -0.3 is 5.11 Å². The van der Waals surface area contributed by atoms with Gasteiger partial charge in [0.05, 0.1) is 0 Å². The minimum Gasteiger partial charge on any atom is -0.480 e. The fourth-order valence-corrected chi connectivity index (χ4v) is 1.25. The van der Waals surface area contributed by atoms with E-state index in [1.54, 1.807) is 11.1 Å². The van der Waals surface area contributed by atoms with E-state index in [0.29, 0.717) is 6.54 Å². The minimum absolute atomic E-state index is 0.268. The van der Waals surface area contributed by atoms with Gasteiger partial charge in [0.1, 0.15) is 6.04 Å². The lowest BCUT2D eigenvalue weighted by atomic mass is 10.3. The molecule has 2 heterocycles. The van der Waals surface area contributed by atoms with Crippen molar-refractivity contribution in [2.24, 2.45) is 9.98 Å². The molecule has 0 radical (unpaired) electrons. The van der Waals surface area contributed by atoms with E-state index in [1.165, 1.54) is 6.21 Å². The number of fused-ring (bicyclic) bond motifs is 1. The van der Waals surface area contributed by atoms with Crippen molar-refractivity contribution < 1.29 is 9.90 Å². The topological polar surface area (TPSA) is 65.3 Å². The molecular weight excluding hydrogens is 146 g/mol. The zero-order valence-corrected chi connectivity index (χ0v) is 5.71. The van der Waals surface area contributed by atoms with Crippen LogP contribution in [0.4, 0.5) is 0 Å². The first-order valence-electron chi connectivity index (χ1n) is 3.32.